The Hall–Kier alpha value is -1.83. The summed E-state index contributed by atoms with van der Waals surface area (Å²) < 4.78 is 6.30. The Kier molecular flexibility index (Phi) is 5.75. The number of rotatable bonds is 3. The first-order valence-corrected chi connectivity index (χ1v) is 11.4. The summed E-state index contributed by atoms with van der Waals surface area (Å²) in [5.41, 5.74) is 1.08. The predicted molar refractivity (Wildman–Crippen MR) is 110 cm³/mol. The van der Waals surface area contributed by atoms with E-state index in [9.17, 15) is 9.59 Å². The monoisotopic (exact) mass is 404 g/mol. The van der Waals surface area contributed by atoms with Crippen LogP contribution in [0.2, 0.25) is 0 Å². The van der Waals surface area contributed by atoms with E-state index in [1.807, 2.05) is 6.92 Å². The second kappa shape index (κ2) is 8.27. The van der Waals surface area contributed by atoms with Gasteiger partial charge in [-0.1, -0.05) is 37.4 Å². The molecule has 8 heteroatoms. The molecular weight excluding hydrogens is 376 g/mol. The molecule has 4 aliphatic rings. The van der Waals surface area contributed by atoms with Crippen LogP contribution in [0.4, 0.5) is 0 Å². The van der Waals surface area contributed by atoms with E-state index < -0.39 is 5.60 Å². The van der Waals surface area contributed by atoms with Crippen molar-refractivity contribution in [2.75, 3.05) is 5.75 Å². The smallest absolute Gasteiger partial charge is 0.257 e. The van der Waals surface area contributed by atoms with Crippen LogP contribution >= 0.6 is 11.8 Å². The van der Waals surface area contributed by atoms with Crippen LogP contribution in [0.1, 0.15) is 71.1 Å². The summed E-state index contributed by atoms with van der Waals surface area (Å²) in [6.45, 7) is 2.00. The maximum atomic E-state index is 13.2. The fraction of sp³-hybridized carbons (Fsp3) is 0.700. The zero-order valence-electron chi connectivity index (χ0n) is 16.4. The molecular formula is C20H28N4O3S. The highest BCUT2D eigenvalue weighted by Crippen LogP contribution is 2.44. The summed E-state index contributed by atoms with van der Waals surface area (Å²) in [5, 5.41) is 14.7. The molecule has 2 aliphatic carbocycles. The van der Waals surface area contributed by atoms with Crippen molar-refractivity contribution in [1.29, 1.82) is 0 Å². The van der Waals surface area contributed by atoms with Gasteiger partial charge in [0.1, 0.15) is 11.2 Å². The average molecular weight is 405 g/mol. The number of carbonyl (C=O) groups excluding carboxylic acids is 2. The van der Waals surface area contributed by atoms with Crippen LogP contribution in [0.3, 0.4) is 0 Å². The lowest BCUT2D eigenvalue weighted by molar-refractivity contribution is -0.118. The zero-order chi connectivity index (χ0) is 19.6. The summed E-state index contributed by atoms with van der Waals surface area (Å²) in [6, 6.07) is 0.224. The van der Waals surface area contributed by atoms with Crippen molar-refractivity contribution >= 4 is 34.6 Å². The van der Waals surface area contributed by atoms with Crippen molar-refractivity contribution in [3.8, 4) is 0 Å². The number of ether oxygens (including phenoxy) is 1. The Morgan fingerprint density at radius 1 is 1.14 bits per heavy atom. The fourth-order valence-corrected chi connectivity index (χ4v) is 5.24. The van der Waals surface area contributed by atoms with Crippen LogP contribution < -0.4 is 10.6 Å². The van der Waals surface area contributed by atoms with Gasteiger partial charge in [0.05, 0.1) is 5.75 Å². The maximum Gasteiger partial charge on any atom is 0.257 e. The zero-order valence-corrected chi connectivity index (χ0v) is 17.2. The lowest BCUT2D eigenvalue weighted by atomic mass is 9.79. The molecule has 1 saturated heterocycles. The molecule has 0 unspecified atom stereocenters. The molecule has 2 N–H and O–H groups in total. The van der Waals surface area contributed by atoms with Crippen LogP contribution in [0.15, 0.2) is 21.3 Å². The molecule has 2 heterocycles. The van der Waals surface area contributed by atoms with Gasteiger partial charge < -0.3 is 15.4 Å². The molecule has 152 valence electrons. The molecule has 7 nitrogen and oxygen atoms in total. The minimum atomic E-state index is -0.428. The van der Waals surface area contributed by atoms with Crippen LogP contribution in [0, 0.1) is 0 Å². The molecule has 0 atom stereocenters. The Labute approximate surface area is 169 Å². The average Bonchev–Trinajstić information content (AvgIpc) is 3.23. The highest BCUT2D eigenvalue weighted by Gasteiger charge is 2.47. The Morgan fingerprint density at radius 2 is 1.86 bits per heavy atom. The summed E-state index contributed by atoms with van der Waals surface area (Å²) in [6.07, 6.45) is 10.8. The van der Waals surface area contributed by atoms with Crippen LogP contribution in [-0.2, 0) is 14.3 Å². The van der Waals surface area contributed by atoms with Gasteiger partial charge in [-0.2, -0.15) is 0 Å². The van der Waals surface area contributed by atoms with Gasteiger partial charge in [-0.05, 0) is 51.0 Å². The number of amides is 2. The standard InChI is InChI=1S/C20H28N4O3S/c1-13-16(17(26)21-14-8-4-2-5-9-14)18(23-24-19-22-15(25)12-28-19)27-20(13)10-6-3-7-11-20/h14H,2-12H2,1H3,(H,21,26)(H,22,24,25). The Bertz CT molecular complexity index is 747. The predicted octanol–water partition coefficient (Wildman–Crippen LogP) is 3.02. The molecule has 2 amide bonds. The number of hydrogen-bond donors (Lipinski definition) is 2. The molecule has 0 aromatic rings. The van der Waals surface area contributed by atoms with Gasteiger partial charge in [-0.25, -0.2) is 0 Å². The number of carbonyl (C=O) groups is 2. The second-order valence-electron chi connectivity index (χ2n) is 8.11. The van der Waals surface area contributed by atoms with E-state index >= 15 is 0 Å². The first-order valence-electron chi connectivity index (χ1n) is 10.4. The molecule has 4 rings (SSSR count). The number of nitrogens with zero attached hydrogens (tertiary/aromatic N) is 2. The number of hydrogen-bond acceptors (Lipinski definition) is 6. The summed E-state index contributed by atoms with van der Waals surface area (Å²) in [7, 11) is 0. The Balaban J connectivity index is 1.60. The summed E-state index contributed by atoms with van der Waals surface area (Å²) >= 11 is 1.31. The van der Waals surface area contributed by atoms with Gasteiger partial charge in [0.2, 0.25) is 11.8 Å². The van der Waals surface area contributed by atoms with Gasteiger partial charge >= 0.3 is 0 Å². The molecule has 0 radical (unpaired) electrons. The maximum absolute atomic E-state index is 13.2. The van der Waals surface area contributed by atoms with Crippen molar-refractivity contribution < 1.29 is 14.3 Å². The summed E-state index contributed by atoms with van der Waals surface area (Å²) in [5.74, 6) is 0.455. The van der Waals surface area contributed by atoms with E-state index in [2.05, 4.69) is 20.8 Å². The van der Waals surface area contributed by atoms with E-state index in [0.717, 1.165) is 56.9 Å². The largest absolute Gasteiger partial charge is 0.465 e. The Morgan fingerprint density at radius 3 is 2.54 bits per heavy atom. The topological polar surface area (TPSA) is 92.1 Å². The molecule has 1 spiro atoms. The van der Waals surface area contributed by atoms with E-state index in [1.54, 1.807) is 0 Å². The minimum absolute atomic E-state index is 0.0815. The van der Waals surface area contributed by atoms with Crippen molar-refractivity contribution in [2.24, 2.45) is 10.2 Å². The number of nitrogens with one attached hydrogen (secondary N) is 2. The van der Waals surface area contributed by atoms with Gasteiger partial charge in [0.25, 0.3) is 5.91 Å². The number of amidine groups is 1. The summed E-state index contributed by atoms with van der Waals surface area (Å²) in [4.78, 5) is 24.5. The first-order chi connectivity index (χ1) is 13.6. The third-order valence-corrected chi connectivity index (χ3v) is 7.07. The van der Waals surface area contributed by atoms with E-state index in [-0.39, 0.29) is 17.9 Å². The highest BCUT2D eigenvalue weighted by molar-refractivity contribution is 8.15. The van der Waals surface area contributed by atoms with Crippen LogP contribution in [0.25, 0.3) is 0 Å². The van der Waals surface area contributed by atoms with E-state index in [0.29, 0.717) is 22.4 Å². The van der Waals surface area contributed by atoms with Crippen molar-refractivity contribution in [1.82, 2.24) is 10.6 Å². The molecule has 0 aromatic carbocycles. The highest BCUT2D eigenvalue weighted by atomic mass is 32.2. The molecule has 2 aliphatic heterocycles. The molecule has 28 heavy (non-hydrogen) atoms. The third kappa shape index (κ3) is 3.97. The van der Waals surface area contributed by atoms with Crippen molar-refractivity contribution in [3.05, 3.63) is 11.1 Å². The molecule has 0 bridgehead atoms. The first kappa shape index (κ1) is 19.5. The lowest BCUT2D eigenvalue weighted by Crippen LogP contribution is -2.38. The SMILES string of the molecule is CC1=C(C(=O)NC2CCCCC2)C(=NN=C2NC(=O)CS2)OC12CCCCC2. The van der Waals surface area contributed by atoms with Crippen LogP contribution in [-0.4, -0.2) is 40.3 Å². The minimum Gasteiger partial charge on any atom is -0.465 e. The van der Waals surface area contributed by atoms with Gasteiger partial charge in [0.15, 0.2) is 5.17 Å². The van der Waals surface area contributed by atoms with Gasteiger partial charge in [-0.3, -0.25) is 9.59 Å². The van der Waals surface area contributed by atoms with Crippen molar-refractivity contribution in [3.63, 3.8) is 0 Å². The molecule has 3 fully saturated rings. The van der Waals surface area contributed by atoms with Gasteiger partial charge in [0, 0.05) is 6.04 Å². The third-order valence-electron chi connectivity index (χ3n) is 6.21. The van der Waals surface area contributed by atoms with Gasteiger partial charge in [-0.15, -0.1) is 10.2 Å². The second-order valence-corrected chi connectivity index (χ2v) is 9.08. The van der Waals surface area contributed by atoms with Crippen molar-refractivity contribution in [2.45, 2.75) is 82.8 Å². The normalized spacial score (nSPS) is 28.1. The van der Waals surface area contributed by atoms with E-state index in [4.69, 9.17) is 4.74 Å². The van der Waals surface area contributed by atoms with Crippen LogP contribution in [0.5, 0.6) is 0 Å². The molecule has 2 saturated carbocycles. The van der Waals surface area contributed by atoms with E-state index in [1.165, 1.54) is 24.6 Å². The quantitative estimate of drug-likeness (QED) is 0.707. The lowest BCUT2D eigenvalue weighted by Gasteiger charge is -2.33. The number of thioether (sulfide) groups is 1. The molecule has 0 aromatic heterocycles. The fourth-order valence-electron chi connectivity index (χ4n) is 4.61.